The molecular formula is C9H17N3. The monoisotopic (exact) mass is 167 g/mol. The molecule has 1 aromatic heterocycles. The highest BCUT2D eigenvalue weighted by Crippen LogP contribution is 2.11. The van der Waals surface area contributed by atoms with Gasteiger partial charge in [0.2, 0.25) is 0 Å². The largest absolute Gasteiger partial charge is 0.326 e. The van der Waals surface area contributed by atoms with Crippen molar-refractivity contribution in [3.63, 3.8) is 0 Å². The van der Waals surface area contributed by atoms with E-state index in [4.69, 9.17) is 5.73 Å². The van der Waals surface area contributed by atoms with Crippen LogP contribution in [0.5, 0.6) is 0 Å². The first-order valence-corrected chi connectivity index (χ1v) is 4.37. The van der Waals surface area contributed by atoms with E-state index >= 15 is 0 Å². The van der Waals surface area contributed by atoms with Gasteiger partial charge in [-0.05, 0) is 18.4 Å². The maximum absolute atomic E-state index is 5.65. The molecule has 1 aromatic rings. The lowest BCUT2D eigenvalue weighted by atomic mass is 10.1. The van der Waals surface area contributed by atoms with Gasteiger partial charge in [0.1, 0.15) is 0 Å². The van der Waals surface area contributed by atoms with Crippen molar-refractivity contribution >= 4 is 0 Å². The van der Waals surface area contributed by atoms with Gasteiger partial charge in [-0.3, -0.25) is 4.68 Å². The maximum atomic E-state index is 5.65. The lowest BCUT2D eigenvalue weighted by Crippen LogP contribution is -2.22. The Morgan fingerprint density at radius 2 is 2.17 bits per heavy atom. The minimum Gasteiger partial charge on any atom is -0.326 e. The van der Waals surface area contributed by atoms with Gasteiger partial charge in [0.15, 0.2) is 0 Å². The molecule has 0 aromatic carbocycles. The molecule has 3 nitrogen and oxygen atoms in total. The summed E-state index contributed by atoms with van der Waals surface area (Å²) in [5.41, 5.74) is 6.92. The Kier molecular flexibility index (Phi) is 2.87. The lowest BCUT2D eigenvalue weighted by Gasteiger charge is -2.04. The molecule has 1 atom stereocenters. The van der Waals surface area contributed by atoms with Crippen LogP contribution in [-0.2, 0) is 6.54 Å². The summed E-state index contributed by atoms with van der Waals surface area (Å²) >= 11 is 0. The van der Waals surface area contributed by atoms with E-state index in [1.54, 1.807) is 0 Å². The van der Waals surface area contributed by atoms with E-state index in [1.165, 1.54) is 5.56 Å². The number of rotatable bonds is 3. The number of nitrogens with two attached hydrogens (primary N) is 1. The van der Waals surface area contributed by atoms with Crippen molar-refractivity contribution < 1.29 is 0 Å². The lowest BCUT2D eigenvalue weighted by molar-refractivity contribution is 0.538. The maximum Gasteiger partial charge on any atom is 0.0557 e. The van der Waals surface area contributed by atoms with Gasteiger partial charge in [-0.25, -0.2) is 0 Å². The molecule has 0 fully saturated rings. The summed E-state index contributed by atoms with van der Waals surface area (Å²) in [6.07, 6.45) is 3.97. The Labute approximate surface area is 73.6 Å². The summed E-state index contributed by atoms with van der Waals surface area (Å²) in [6, 6.07) is 0.171. The fourth-order valence-corrected chi connectivity index (χ4v) is 1.07. The molecule has 0 saturated heterocycles. The fourth-order valence-electron chi connectivity index (χ4n) is 1.07. The molecule has 0 aliphatic heterocycles. The van der Waals surface area contributed by atoms with Crippen LogP contribution in [0.2, 0.25) is 0 Å². The Balaban J connectivity index is 2.64. The first kappa shape index (κ1) is 9.26. The average Bonchev–Trinajstić information content (AvgIpc) is 2.34. The fraction of sp³-hybridized carbons (Fsp3) is 0.667. The normalized spacial score (nSPS) is 13.8. The second-order valence-electron chi connectivity index (χ2n) is 3.63. The Morgan fingerprint density at radius 1 is 1.50 bits per heavy atom. The van der Waals surface area contributed by atoms with Gasteiger partial charge in [0.05, 0.1) is 12.7 Å². The van der Waals surface area contributed by atoms with E-state index in [0.717, 1.165) is 6.54 Å². The van der Waals surface area contributed by atoms with Gasteiger partial charge in [-0.1, -0.05) is 13.8 Å². The van der Waals surface area contributed by atoms with E-state index in [1.807, 2.05) is 17.8 Å². The van der Waals surface area contributed by atoms with Gasteiger partial charge in [0, 0.05) is 12.2 Å². The van der Waals surface area contributed by atoms with Crippen molar-refractivity contribution in [2.24, 2.45) is 5.73 Å². The zero-order valence-corrected chi connectivity index (χ0v) is 7.99. The van der Waals surface area contributed by atoms with Crippen LogP contribution in [0.15, 0.2) is 12.4 Å². The van der Waals surface area contributed by atoms with Crippen molar-refractivity contribution in [2.45, 2.75) is 39.3 Å². The first-order valence-electron chi connectivity index (χ1n) is 4.37. The van der Waals surface area contributed by atoms with Crippen molar-refractivity contribution in [2.75, 3.05) is 0 Å². The van der Waals surface area contributed by atoms with Crippen molar-refractivity contribution in [1.29, 1.82) is 0 Å². The molecule has 1 unspecified atom stereocenters. The third-order valence-corrected chi connectivity index (χ3v) is 1.79. The zero-order chi connectivity index (χ0) is 9.14. The second-order valence-corrected chi connectivity index (χ2v) is 3.63. The Bertz CT molecular complexity index is 238. The topological polar surface area (TPSA) is 43.8 Å². The average molecular weight is 167 g/mol. The molecule has 0 aliphatic rings. The first-order chi connectivity index (χ1) is 5.59. The van der Waals surface area contributed by atoms with Gasteiger partial charge in [-0.2, -0.15) is 5.10 Å². The number of nitrogens with zero attached hydrogens (tertiary/aromatic N) is 2. The SMILES string of the molecule is CC(N)Cn1cc(C(C)C)cn1. The van der Waals surface area contributed by atoms with Crippen LogP contribution >= 0.6 is 0 Å². The molecule has 0 radical (unpaired) electrons. The van der Waals surface area contributed by atoms with E-state index in [-0.39, 0.29) is 6.04 Å². The third-order valence-electron chi connectivity index (χ3n) is 1.79. The van der Waals surface area contributed by atoms with Crippen molar-refractivity contribution in [1.82, 2.24) is 9.78 Å². The number of hydrogen-bond acceptors (Lipinski definition) is 2. The molecular weight excluding hydrogens is 150 g/mol. The molecule has 1 rings (SSSR count). The van der Waals surface area contributed by atoms with Gasteiger partial charge >= 0.3 is 0 Å². The van der Waals surface area contributed by atoms with Crippen LogP contribution in [0.1, 0.15) is 32.3 Å². The summed E-state index contributed by atoms with van der Waals surface area (Å²) in [4.78, 5) is 0. The van der Waals surface area contributed by atoms with Gasteiger partial charge in [-0.15, -0.1) is 0 Å². The van der Waals surface area contributed by atoms with E-state index in [2.05, 4.69) is 25.1 Å². The Hall–Kier alpha value is -0.830. The van der Waals surface area contributed by atoms with Crippen molar-refractivity contribution in [3.05, 3.63) is 18.0 Å². The summed E-state index contributed by atoms with van der Waals surface area (Å²) in [6.45, 7) is 7.10. The minimum absolute atomic E-state index is 0.171. The molecule has 0 saturated carbocycles. The molecule has 0 amide bonds. The van der Waals surface area contributed by atoms with Gasteiger partial charge in [0.25, 0.3) is 0 Å². The highest BCUT2D eigenvalue weighted by atomic mass is 15.3. The standard InChI is InChI=1S/C9H17N3/c1-7(2)9-4-11-12(6-9)5-8(3)10/h4,6-8H,5,10H2,1-3H3. The van der Waals surface area contributed by atoms with Crippen LogP contribution in [0, 0.1) is 0 Å². The summed E-state index contributed by atoms with van der Waals surface area (Å²) in [7, 11) is 0. The molecule has 2 N–H and O–H groups in total. The number of hydrogen-bond donors (Lipinski definition) is 1. The molecule has 3 heteroatoms. The minimum atomic E-state index is 0.171. The summed E-state index contributed by atoms with van der Waals surface area (Å²) in [5.74, 6) is 0.548. The second kappa shape index (κ2) is 3.72. The van der Waals surface area contributed by atoms with Crippen LogP contribution in [0.3, 0.4) is 0 Å². The van der Waals surface area contributed by atoms with E-state index in [9.17, 15) is 0 Å². The Morgan fingerprint density at radius 3 is 2.58 bits per heavy atom. The third kappa shape index (κ3) is 2.34. The van der Waals surface area contributed by atoms with E-state index in [0.29, 0.717) is 5.92 Å². The summed E-state index contributed by atoms with van der Waals surface area (Å²) in [5, 5.41) is 4.21. The smallest absolute Gasteiger partial charge is 0.0557 e. The molecule has 12 heavy (non-hydrogen) atoms. The van der Waals surface area contributed by atoms with Crippen LogP contribution in [0.4, 0.5) is 0 Å². The summed E-state index contributed by atoms with van der Waals surface area (Å²) < 4.78 is 1.90. The van der Waals surface area contributed by atoms with Crippen LogP contribution < -0.4 is 5.73 Å². The van der Waals surface area contributed by atoms with Crippen molar-refractivity contribution in [3.8, 4) is 0 Å². The molecule has 0 spiro atoms. The number of aromatic nitrogens is 2. The zero-order valence-electron chi connectivity index (χ0n) is 7.99. The van der Waals surface area contributed by atoms with Gasteiger partial charge < -0.3 is 5.73 Å². The molecule has 0 aliphatic carbocycles. The van der Waals surface area contributed by atoms with Crippen LogP contribution in [-0.4, -0.2) is 15.8 Å². The molecule has 0 bridgehead atoms. The highest BCUT2D eigenvalue weighted by molar-refractivity contribution is 5.08. The quantitative estimate of drug-likeness (QED) is 0.738. The van der Waals surface area contributed by atoms with E-state index < -0.39 is 0 Å². The van der Waals surface area contributed by atoms with Crippen LogP contribution in [0.25, 0.3) is 0 Å². The predicted octanol–water partition coefficient (Wildman–Crippen LogP) is 1.35. The molecule has 68 valence electrons. The highest BCUT2D eigenvalue weighted by Gasteiger charge is 2.03. The molecule has 1 heterocycles. The predicted molar refractivity (Wildman–Crippen MR) is 50.0 cm³/mol.